The van der Waals surface area contributed by atoms with Crippen molar-refractivity contribution in [2.45, 2.75) is 12.8 Å². The van der Waals surface area contributed by atoms with Crippen LogP contribution in [0.2, 0.25) is 0 Å². The Balaban J connectivity index is 1.33. The third-order valence-electron chi connectivity index (χ3n) is 5.11. The quantitative estimate of drug-likeness (QED) is 0.324. The smallest absolute Gasteiger partial charge is 0.326 e. The Morgan fingerprint density at radius 1 is 1.00 bits per heavy atom. The van der Waals surface area contributed by atoms with Crippen LogP contribution in [0, 0.1) is 11.8 Å². The van der Waals surface area contributed by atoms with E-state index in [0.717, 1.165) is 4.90 Å². The molecule has 8 heteroatoms. The van der Waals surface area contributed by atoms with Crippen LogP contribution in [0.5, 0.6) is 11.5 Å². The van der Waals surface area contributed by atoms with Crippen molar-refractivity contribution in [2.75, 3.05) is 26.4 Å². The normalized spacial score (nSPS) is 22.8. The number of nitrogens with zero attached hydrogens (tertiary/aromatic N) is 1. The van der Waals surface area contributed by atoms with Crippen molar-refractivity contribution < 1.29 is 33.4 Å². The van der Waals surface area contributed by atoms with Gasteiger partial charge in [0.2, 0.25) is 11.8 Å². The Morgan fingerprint density at radius 3 is 2.32 bits per heavy atom. The van der Waals surface area contributed by atoms with Gasteiger partial charge in [0.25, 0.3) is 0 Å². The zero-order chi connectivity index (χ0) is 19.7. The fourth-order valence-electron chi connectivity index (χ4n) is 3.65. The van der Waals surface area contributed by atoms with Crippen molar-refractivity contribution in [3.05, 3.63) is 35.9 Å². The number of esters is 1. The molecule has 0 saturated carbocycles. The molecule has 0 aromatic heterocycles. The Labute approximate surface area is 161 Å². The van der Waals surface area contributed by atoms with Gasteiger partial charge in [-0.2, -0.15) is 0 Å². The maximum absolute atomic E-state index is 12.4. The first-order valence-electron chi connectivity index (χ1n) is 9.13. The van der Waals surface area contributed by atoms with Crippen LogP contribution >= 0.6 is 0 Å². The summed E-state index contributed by atoms with van der Waals surface area (Å²) in [5, 5.41) is 0. The predicted molar refractivity (Wildman–Crippen MR) is 94.8 cm³/mol. The molecule has 2 aliphatic heterocycles. The van der Waals surface area contributed by atoms with E-state index in [1.54, 1.807) is 12.1 Å². The number of rotatable bonds is 5. The first kappa shape index (κ1) is 18.2. The van der Waals surface area contributed by atoms with Crippen LogP contribution in [0.4, 0.5) is 0 Å². The number of carbonyl (C=O) groups is 4. The van der Waals surface area contributed by atoms with Gasteiger partial charge in [-0.15, -0.1) is 0 Å². The number of amides is 2. The lowest BCUT2D eigenvalue weighted by atomic mass is 9.85. The van der Waals surface area contributed by atoms with Crippen LogP contribution in [-0.2, 0) is 19.1 Å². The number of allylic oxidation sites excluding steroid dienone is 2. The highest BCUT2D eigenvalue weighted by Crippen LogP contribution is 2.35. The lowest BCUT2D eigenvalue weighted by Crippen LogP contribution is -2.37. The molecule has 0 radical (unpaired) electrons. The molecule has 28 heavy (non-hydrogen) atoms. The molecule has 146 valence electrons. The van der Waals surface area contributed by atoms with Crippen molar-refractivity contribution in [1.29, 1.82) is 0 Å². The standard InChI is InChI=1S/C20H19NO7/c22-15(12-5-6-16-17(9-12)27-8-7-26-16)11-28-18(23)10-21-19(24)13-3-1-2-4-14(13)20(21)25/h1-2,5-6,9,13-14H,3-4,7-8,10-11H2/t13-,14+. The molecule has 1 saturated heterocycles. The van der Waals surface area contributed by atoms with Gasteiger partial charge in [-0.25, -0.2) is 0 Å². The molecule has 2 heterocycles. The third kappa shape index (κ3) is 3.37. The van der Waals surface area contributed by atoms with E-state index in [4.69, 9.17) is 14.2 Å². The fourth-order valence-corrected chi connectivity index (χ4v) is 3.65. The second-order valence-corrected chi connectivity index (χ2v) is 6.86. The molecule has 0 bridgehead atoms. The van der Waals surface area contributed by atoms with E-state index in [1.165, 1.54) is 6.07 Å². The SMILES string of the molecule is O=C(CN1C(=O)[C@H]2CC=CC[C@H]2C1=O)OCC(=O)c1ccc2c(c1)OCCO2. The van der Waals surface area contributed by atoms with Crippen LogP contribution in [0.1, 0.15) is 23.2 Å². The van der Waals surface area contributed by atoms with Gasteiger partial charge in [0.05, 0.1) is 11.8 Å². The average molecular weight is 385 g/mol. The van der Waals surface area contributed by atoms with Crippen molar-refractivity contribution in [3.63, 3.8) is 0 Å². The summed E-state index contributed by atoms with van der Waals surface area (Å²) in [6, 6.07) is 4.73. The van der Waals surface area contributed by atoms with Gasteiger partial charge in [-0.05, 0) is 31.0 Å². The Morgan fingerprint density at radius 2 is 1.64 bits per heavy atom. The molecule has 3 aliphatic rings. The van der Waals surface area contributed by atoms with Crippen LogP contribution in [0.3, 0.4) is 0 Å². The van der Waals surface area contributed by atoms with Gasteiger partial charge >= 0.3 is 5.97 Å². The molecule has 0 unspecified atom stereocenters. The van der Waals surface area contributed by atoms with Gasteiger partial charge < -0.3 is 14.2 Å². The molecule has 4 rings (SSSR count). The van der Waals surface area contributed by atoms with E-state index < -0.39 is 36.7 Å². The fraction of sp³-hybridized carbons (Fsp3) is 0.400. The number of fused-ring (bicyclic) bond motifs is 2. The summed E-state index contributed by atoms with van der Waals surface area (Å²) >= 11 is 0. The van der Waals surface area contributed by atoms with E-state index in [2.05, 4.69) is 0 Å². The molecular weight excluding hydrogens is 366 g/mol. The van der Waals surface area contributed by atoms with Crippen molar-refractivity contribution >= 4 is 23.6 Å². The molecule has 1 fully saturated rings. The molecule has 2 amide bonds. The molecule has 2 atom stereocenters. The summed E-state index contributed by atoms with van der Waals surface area (Å²) in [7, 11) is 0. The van der Waals surface area contributed by atoms with E-state index in [-0.39, 0.29) is 11.8 Å². The predicted octanol–water partition coefficient (Wildman–Crippen LogP) is 1.13. The number of benzene rings is 1. The van der Waals surface area contributed by atoms with Gasteiger partial charge in [-0.1, -0.05) is 12.2 Å². The zero-order valence-electron chi connectivity index (χ0n) is 15.1. The summed E-state index contributed by atoms with van der Waals surface area (Å²) in [4.78, 5) is 50.0. The second kappa shape index (κ2) is 7.46. The molecule has 0 N–H and O–H groups in total. The van der Waals surface area contributed by atoms with Crippen LogP contribution in [0.25, 0.3) is 0 Å². The van der Waals surface area contributed by atoms with E-state index in [0.29, 0.717) is 43.1 Å². The first-order valence-corrected chi connectivity index (χ1v) is 9.13. The summed E-state index contributed by atoms with van der Waals surface area (Å²) in [6.45, 7) is -0.110. The lowest BCUT2D eigenvalue weighted by Gasteiger charge is -2.18. The van der Waals surface area contributed by atoms with Crippen LogP contribution in [-0.4, -0.2) is 54.8 Å². The number of likely N-dealkylation sites (tertiary alicyclic amines) is 1. The number of carbonyl (C=O) groups excluding carboxylic acids is 4. The zero-order valence-corrected chi connectivity index (χ0v) is 15.1. The minimum Gasteiger partial charge on any atom is -0.486 e. The Hall–Kier alpha value is -3.16. The van der Waals surface area contributed by atoms with Gasteiger partial charge in [-0.3, -0.25) is 24.1 Å². The first-order chi connectivity index (χ1) is 13.5. The summed E-state index contributed by atoms with van der Waals surface area (Å²) < 4.78 is 15.8. The minimum atomic E-state index is -0.792. The minimum absolute atomic E-state index is 0.322. The van der Waals surface area contributed by atoms with E-state index in [9.17, 15) is 19.2 Å². The maximum Gasteiger partial charge on any atom is 0.326 e. The van der Waals surface area contributed by atoms with E-state index in [1.807, 2.05) is 12.2 Å². The molecule has 8 nitrogen and oxygen atoms in total. The molecule has 0 spiro atoms. The average Bonchev–Trinajstić information content (AvgIpc) is 2.97. The van der Waals surface area contributed by atoms with Gasteiger partial charge in [0.1, 0.15) is 19.8 Å². The van der Waals surface area contributed by atoms with Crippen molar-refractivity contribution in [1.82, 2.24) is 4.90 Å². The monoisotopic (exact) mass is 385 g/mol. The highest BCUT2D eigenvalue weighted by Gasteiger charge is 2.47. The topological polar surface area (TPSA) is 99.2 Å². The Bertz CT molecular complexity index is 849. The van der Waals surface area contributed by atoms with Gasteiger partial charge in [0.15, 0.2) is 23.9 Å². The number of hydrogen-bond acceptors (Lipinski definition) is 7. The Kier molecular flexibility index (Phi) is 4.85. The molecule has 1 aromatic rings. The van der Waals surface area contributed by atoms with Crippen LogP contribution in [0.15, 0.2) is 30.4 Å². The third-order valence-corrected chi connectivity index (χ3v) is 5.11. The highest BCUT2D eigenvalue weighted by atomic mass is 16.6. The lowest BCUT2D eigenvalue weighted by molar-refractivity contribution is -0.152. The molecule has 1 aliphatic carbocycles. The van der Waals surface area contributed by atoms with Gasteiger partial charge in [0, 0.05) is 5.56 Å². The van der Waals surface area contributed by atoms with Crippen molar-refractivity contribution in [2.24, 2.45) is 11.8 Å². The number of Topliss-reactive ketones (excluding diaryl/α,β-unsaturated/α-hetero) is 1. The molecular formula is C20H19NO7. The molecule has 1 aromatic carbocycles. The number of ketones is 1. The highest BCUT2D eigenvalue weighted by molar-refractivity contribution is 6.07. The number of imide groups is 1. The summed E-state index contributed by atoms with van der Waals surface area (Å²) in [5.74, 6) is -1.69. The number of ether oxygens (including phenoxy) is 3. The summed E-state index contributed by atoms with van der Waals surface area (Å²) in [5.41, 5.74) is 0.322. The van der Waals surface area contributed by atoms with E-state index >= 15 is 0 Å². The number of hydrogen-bond donors (Lipinski definition) is 0. The maximum atomic E-state index is 12.4. The second-order valence-electron chi connectivity index (χ2n) is 6.86. The summed E-state index contributed by atoms with van der Waals surface area (Å²) in [6.07, 6.45) is 4.76. The largest absolute Gasteiger partial charge is 0.486 e. The van der Waals surface area contributed by atoms with Crippen molar-refractivity contribution in [3.8, 4) is 11.5 Å². The van der Waals surface area contributed by atoms with Crippen LogP contribution < -0.4 is 9.47 Å².